The summed E-state index contributed by atoms with van der Waals surface area (Å²) < 4.78 is 8.24. The summed E-state index contributed by atoms with van der Waals surface area (Å²) in [6, 6.07) is 10.2. The van der Waals surface area contributed by atoms with Crippen LogP contribution in [0, 0.1) is 13.8 Å². The van der Waals surface area contributed by atoms with Crippen molar-refractivity contribution in [1.29, 1.82) is 0 Å². The molecule has 1 aliphatic carbocycles. The number of thioether (sulfide) groups is 1. The third-order valence-corrected chi connectivity index (χ3v) is 6.83. The largest absolute Gasteiger partial charge is 0.459 e. The first-order valence-electron chi connectivity index (χ1n) is 10.5. The van der Waals surface area contributed by atoms with Gasteiger partial charge in [0.2, 0.25) is 5.91 Å². The van der Waals surface area contributed by atoms with Gasteiger partial charge < -0.3 is 14.3 Å². The number of nitrogens with zero attached hydrogens (tertiary/aromatic N) is 2. The van der Waals surface area contributed by atoms with E-state index in [9.17, 15) is 4.79 Å². The van der Waals surface area contributed by atoms with Gasteiger partial charge in [0, 0.05) is 17.1 Å². The monoisotopic (exact) mass is 411 g/mol. The van der Waals surface area contributed by atoms with Gasteiger partial charge in [0.05, 0.1) is 17.5 Å². The molecule has 0 bridgehead atoms. The molecule has 2 aromatic heterocycles. The molecular formula is C23H29N3O2S. The topological polar surface area (TPSA) is 60.1 Å². The second kappa shape index (κ2) is 8.66. The maximum absolute atomic E-state index is 12.6. The Labute approximate surface area is 176 Å². The van der Waals surface area contributed by atoms with Crippen molar-refractivity contribution in [3.8, 4) is 0 Å². The second-order valence-corrected chi connectivity index (χ2v) is 8.93. The van der Waals surface area contributed by atoms with Crippen LogP contribution in [0.5, 0.6) is 0 Å². The molecule has 1 aliphatic rings. The highest BCUT2D eigenvalue weighted by Crippen LogP contribution is 2.34. The number of aryl methyl sites for hydroxylation is 1. The van der Waals surface area contributed by atoms with Crippen molar-refractivity contribution in [3.63, 3.8) is 0 Å². The smallest absolute Gasteiger partial charge is 0.231 e. The van der Waals surface area contributed by atoms with Crippen LogP contribution in [0.25, 0.3) is 11.0 Å². The number of rotatable bonds is 6. The molecule has 0 aliphatic heterocycles. The predicted octanol–water partition coefficient (Wildman–Crippen LogP) is 5.72. The molecule has 0 spiro atoms. The minimum atomic E-state index is -0.169. The number of hydrogen-bond donors (Lipinski definition) is 1. The van der Waals surface area contributed by atoms with Gasteiger partial charge in [-0.2, -0.15) is 0 Å². The van der Waals surface area contributed by atoms with Gasteiger partial charge in [0.25, 0.3) is 0 Å². The molecule has 3 aromatic rings. The molecule has 1 fully saturated rings. The van der Waals surface area contributed by atoms with E-state index in [1.807, 2.05) is 37.3 Å². The summed E-state index contributed by atoms with van der Waals surface area (Å²) in [4.78, 5) is 17.3. The van der Waals surface area contributed by atoms with Crippen molar-refractivity contribution in [2.45, 2.75) is 70.1 Å². The van der Waals surface area contributed by atoms with Gasteiger partial charge >= 0.3 is 0 Å². The van der Waals surface area contributed by atoms with Crippen molar-refractivity contribution >= 4 is 28.6 Å². The lowest BCUT2D eigenvalue weighted by atomic mass is 9.95. The molecule has 0 unspecified atom stereocenters. The summed E-state index contributed by atoms with van der Waals surface area (Å²) >= 11 is 1.54. The molecule has 1 amide bonds. The summed E-state index contributed by atoms with van der Waals surface area (Å²) in [6.45, 7) is 6.16. The maximum atomic E-state index is 12.6. The number of fused-ring (bicyclic) bond motifs is 1. The summed E-state index contributed by atoms with van der Waals surface area (Å²) in [5.74, 6) is 1.13. The summed E-state index contributed by atoms with van der Waals surface area (Å²) in [7, 11) is 0. The number of aromatic nitrogens is 2. The highest BCUT2D eigenvalue weighted by atomic mass is 32.2. The van der Waals surface area contributed by atoms with Gasteiger partial charge in [-0.25, -0.2) is 4.98 Å². The van der Waals surface area contributed by atoms with Crippen molar-refractivity contribution in [2.75, 3.05) is 5.75 Å². The average Bonchev–Trinajstić information content (AvgIpc) is 3.28. The SMILES string of the molecule is Cc1nc(SCC(=O)N[C@H](C)c2cc3ccccc3o2)n(C2CCCCC2)c1C. The first kappa shape index (κ1) is 20.1. The Morgan fingerprint density at radius 3 is 2.79 bits per heavy atom. The van der Waals surface area contributed by atoms with E-state index in [1.165, 1.54) is 49.6 Å². The van der Waals surface area contributed by atoms with Gasteiger partial charge in [-0.15, -0.1) is 0 Å². The van der Waals surface area contributed by atoms with Crippen LogP contribution in [0.4, 0.5) is 0 Å². The number of furan rings is 1. The number of para-hydroxylation sites is 1. The lowest BCUT2D eigenvalue weighted by Gasteiger charge is -2.26. The van der Waals surface area contributed by atoms with Gasteiger partial charge in [-0.05, 0) is 45.7 Å². The zero-order valence-electron chi connectivity index (χ0n) is 17.4. The molecule has 4 rings (SSSR count). The molecule has 1 N–H and O–H groups in total. The van der Waals surface area contributed by atoms with E-state index >= 15 is 0 Å². The molecule has 0 saturated heterocycles. The van der Waals surface area contributed by atoms with E-state index in [1.54, 1.807) is 0 Å². The minimum Gasteiger partial charge on any atom is -0.459 e. The molecule has 6 heteroatoms. The number of imidazole rings is 1. The van der Waals surface area contributed by atoms with Crippen LogP contribution < -0.4 is 5.32 Å². The van der Waals surface area contributed by atoms with Gasteiger partial charge in [-0.1, -0.05) is 49.2 Å². The average molecular weight is 412 g/mol. The van der Waals surface area contributed by atoms with E-state index in [-0.39, 0.29) is 11.9 Å². The Balaban J connectivity index is 1.40. The third-order valence-electron chi connectivity index (χ3n) is 5.88. The second-order valence-electron chi connectivity index (χ2n) is 7.99. The number of hydrogen-bond acceptors (Lipinski definition) is 4. The number of carbonyl (C=O) groups excluding carboxylic acids is 1. The van der Waals surface area contributed by atoms with Crippen LogP contribution in [-0.2, 0) is 4.79 Å². The highest BCUT2D eigenvalue weighted by molar-refractivity contribution is 7.99. The van der Waals surface area contributed by atoms with Crippen LogP contribution in [0.15, 0.2) is 39.9 Å². The number of nitrogens with one attached hydrogen (secondary N) is 1. The van der Waals surface area contributed by atoms with E-state index in [2.05, 4.69) is 23.7 Å². The van der Waals surface area contributed by atoms with E-state index in [4.69, 9.17) is 9.40 Å². The predicted molar refractivity (Wildman–Crippen MR) is 117 cm³/mol. The zero-order valence-corrected chi connectivity index (χ0v) is 18.2. The molecule has 1 saturated carbocycles. The van der Waals surface area contributed by atoms with Crippen molar-refractivity contribution < 1.29 is 9.21 Å². The Morgan fingerprint density at radius 1 is 1.28 bits per heavy atom. The number of amides is 1. The first-order chi connectivity index (χ1) is 14.0. The fourth-order valence-corrected chi connectivity index (χ4v) is 5.14. The van der Waals surface area contributed by atoms with E-state index in [0.717, 1.165) is 27.6 Å². The van der Waals surface area contributed by atoms with Crippen molar-refractivity contribution in [3.05, 3.63) is 47.5 Å². The summed E-state index contributed by atoms with van der Waals surface area (Å²) in [5, 5.41) is 5.08. The van der Waals surface area contributed by atoms with Crippen LogP contribution in [0.1, 0.15) is 68.3 Å². The standard InChI is InChI=1S/C23H29N3O2S/c1-15-17(3)26(19-10-5-4-6-11-19)23(25-15)29-14-22(27)24-16(2)21-13-18-9-7-8-12-20(18)28-21/h7-9,12-13,16,19H,4-6,10-11,14H2,1-3H3,(H,24,27)/t16-/m1/s1. The Kier molecular flexibility index (Phi) is 5.99. The van der Waals surface area contributed by atoms with Crippen molar-refractivity contribution in [2.24, 2.45) is 0 Å². The third kappa shape index (κ3) is 4.37. The highest BCUT2D eigenvalue weighted by Gasteiger charge is 2.23. The van der Waals surface area contributed by atoms with Crippen LogP contribution in [-0.4, -0.2) is 21.2 Å². The molecular weight excluding hydrogens is 382 g/mol. The fourth-order valence-electron chi connectivity index (χ4n) is 4.17. The first-order valence-corrected chi connectivity index (χ1v) is 11.5. The lowest BCUT2D eigenvalue weighted by molar-refractivity contribution is -0.119. The fraction of sp³-hybridized carbons (Fsp3) is 0.478. The summed E-state index contributed by atoms with van der Waals surface area (Å²) in [6.07, 6.45) is 6.30. The molecule has 0 radical (unpaired) electrons. The van der Waals surface area contributed by atoms with Gasteiger partial charge in [0.1, 0.15) is 11.3 Å². The Hall–Kier alpha value is -2.21. The lowest BCUT2D eigenvalue weighted by Crippen LogP contribution is -2.28. The quantitative estimate of drug-likeness (QED) is 0.527. The maximum Gasteiger partial charge on any atom is 0.231 e. The molecule has 2 heterocycles. The minimum absolute atomic E-state index is 0.00328. The van der Waals surface area contributed by atoms with Gasteiger partial charge in [0.15, 0.2) is 5.16 Å². The number of benzene rings is 1. The summed E-state index contributed by atoms with van der Waals surface area (Å²) in [5.41, 5.74) is 3.14. The van der Waals surface area contributed by atoms with E-state index < -0.39 is 0 Å². The zero-order chi connectivity index (χ0) is 20.4. The van der Waals surface area contributed by atoms with Crippen LogP contribution >= 0.6 is 11.8 Å². The van der Waals surface area contributed by atoms with Crippen LogP contribution in [0.2, 0.25) is 0 Å². The normalized spacial score (nSPS) is 16.2. The van der Waals surface area contributed by atoms with Gasteiger partial charge in [-0.3, -0.25) is 4.79 Å². The van der Waals surface area contributed by atoms with Crippen molar-refractivity contribution in [1.82, 2.24) is 14.9 Å². The number of carbonyl (C=O) groups is 1. The molecule has 1 aromatic carbocycles. The molecule has 29 heavy (non-hydrogen) atoms. The molecule has 1 atom stereocenters. The molecule has 5 nitrogen and oxygen atoms in total. The Morgan fingerprint density at radius 2 is 2.03 bits per heavy atom. The van der Waals surface area contributed by atoms with E-state index in [0.29, 0.717) is 11.8 Å². The van der Waals surface area contributed by atoms with Crippen LogP contribution in [0.3, 0.4) is 0 Å². The molecule has 154 valence electrons. The Bertz CT molecular complexity index is 968.